The minimum atomic E-state index is -4.39. The van der Waals surface area contributed by atoms with E-state index in [0.29, 0.717) is 31.1 Å². The fraction of sp³-hybridized carbons (Fsp3) is 0.294. The minimum absolute atomic E-state index is 0.0878. The molecule has 0 atom stereocenters. The number of benzene rings is 1. The van der Waals surface area contributed by atoms with Crippen LogP contribution in [0.5, 0.6) is 5.75 Å². The number of carbonyl (C=O) groups is 1. The quantitative estimate of drug-likeness (QED) is 0.622. The Labute approximate surface area is 157 Å². The van der Waals surface area contributed by atoms with E-state index in [1.807, 2.05) is 12.1 Å². The molecule has 2 aromatic rings. The zero-order valence-electron chi connectivity index (χ0n) is 13.6. The smallest absolute Gasteiger partial charge is 0.417 e. The first-order valence-electron chi connectivity index (χ1n) is 7.77. The van der Waals surface area contributed by atoms with Gasteiger partial charge in [0.25, 0.3) is 5.91 Å². The number of hydrogen-bond donors (Lipinski definition) is 2. The summed E-state index contributed by atoms with van der Waals surface area (Å²) in [7, 11) is 0. The number of pyridine rings is 1. The van der Waals surface area contributed by atoms with Crippen LogP contribution >= 0.6 is 15.9 Å². The first-order chi connectivity index (χ1) is 12.3. The van der Waals surface area contributed by atoms with Gasteiger partial charge in [-0.2, -0.15) is 13.2 Å². The molecule has 0 fully saturated rings. The predicted molar refractivity (Wildman–Crippen MR) is 95.0 cm³/mol. The first kappa shape index (κ1) is 20.0. The van der Waals surface area contributed by atoms with Crippen LogP contribution in [-0.2, 0) is 11.0 Å². The number of aromatic nitrogens is 1. The lowest BCUT2D eigenvalue weighted by Crippen LogP contribution is -2.30. The number of alkyl halides is 3. The SMILES string of the molecule is O=C(COc1ccc(Br)cc1)NCCCNc1ccc(C(F)(F)F)cn1. The van der Waals surface area contributed by atoms with E-state index in [1.54, 1.807) is 12.1 Å². The molecule has 9 heteroatoms. The Balaban J connectivity index is 1.59. The number of ether oxygens (including phenoxy) is 1. The summed E-state index contributed by atoms with van der Waals surface area (Å²) in [5, 5.41) is 5.59. The van der Waals surface area contributed by atoms with Gasteiger partial charge in [-0.15, -0.1) is 0 Å². The summed E-state index contributed by atoms with van der Waals surface area (Å²) >= 11 is 3.31. The number of nitrogens with zero attached hydrogens (tertiary/aromatic N) is 1. The van der Waals surface area contributed by atoms with Crippen LogP contribution in [0.25, 0.3) is 0 Å². The molecule has 0 aliphatic rings. The highest BCUT2D eigenvalue weighted by atomic mass is 79.9. The van der Waals surface area contributed by atoms with E-state index in [-0.39, 0.29) is 12.5 Å². The summed E-state index contributed by atoms with van der Waals surface area (Å²) in [6, 6.07) is 9.36. The molecule has 1 aromatic carbocycles. The largest absolute Gasteiger partial charge is 0.484 e. The lowest BCUT2D eigenvalue weighted by Gasteiger charge is -2.09. The highest BCUT2D eigenvalue weighted by Crippen LogP contribution is 2.28. The number of halogens is 4. The molecule has 0 aliphatic carbocycles. The van der Waals surface area contributed by atoms with Crippen molar-refractivity contribution >= 4 is 27.7 Å². The molecule has 0 saturated heterocycles. The molecule has 0 spiro atoms. The average Bonchev–Trinajstić information content (AvgIpc) is 2.60. The molecule has 0 bridgehead atoms. The highest BCUT2D eigenvalue weighted by Gasteiger charge is 2.30. The first-order valence-corrected chi connectivity index (χ1v) is 8.56. The number of carbonyl (C=O) groups excluding carboxylic acids is 1. The van der Waals surface area contributed by atoms with E-state index >= 15 is 0 Å². The van der Waals surface area contributed by atoms with Gasteiger partial charge in [-0.25, -0.2) is 4.98 Å². The van der Waals surface area contributed by atoms with E-state index in [9.17, 15) is 18.0 Å². The standard InChI is InChI=1S/C17H17BrF3N3O2/c18-13-3-5-14(6-4-13)26-11-16(25)23-9-1-8-22-15-7-2-12(10-24-15)17(19,20)21/h2-7,10H,1,8-9,11H2,(H,22,24)(H,23,25). The van der Waals surface area contributed by atoms with Gasteiger partial charge in [-0.3, -0.25) is 4.79 Å². The van der Waals surface area contributed by atoms with Crippen LogP contribution < -0.4 is 15.4 Å². The Morgan fingerprint density at radius 2 is 1.85 bits per heavy atom. The van der Waals surface area contributed by atoms with E-state index < -0.39 is 11.7 Å². The number of nitrogens with one attached hydrogen (secondary N) is 2. The monoisotopic (exact) mass is 431 g/mol. The third-order valence-electron chi connectivity index (χ3n) is 3.26. The second kappa shape index (κ2) is 9.42. The van der Waals surface area contributed by atoms with Crippen molar-refractivity contribution in [3.05, 3.63) is 52.6 Å². The van der Waals surface area contributed by atoms with Gasteiger partial charge in [0.15, 0.2) is 6.61 Å². The molecular weight excluding hydrogens is 415 g/mol. The Morgan fingerprint density at radius 1 is 1.12 bits per heavy atom. The van der Waals surface area contributed by atoms with Gasteiger partial charge >= 0.3 is 6.18 Å². The Morgan fingerprint density at radius 3 is 2.46 bits per heavy atom. The van der Waals surface area contributed by atoms with Crippen LogP contribution in [-0.4, -0.2) is 30.6 Å². The van der Waals surface area contributed by atoms with Gasteiger partial charge in [0.1, 0.15) is 11.6 Å². The van der Waals surface area contributed by atoms with Gasteiger partial charge in [-0.1, -0.05) is 15.9 Å². The molecule has 5 nitrogen and oxygen atoms in total. The molecule has 2 rings (SSSR count). The van der Waals surface area contributed by atoms with E-state index in [4.69, 9.17) is 4.74 Å². The fourth-order valence-electron chi connectivity index (χ4n) is 1.93. The van der Waals surface area contributed by atoms with Crippen LogP contribution in [0.3, 0.4) is 0 Å². The lowest BCUT2D eigenvalue weighted by molar-refractivity contribution is -0.137. The van der Waals surface area contributed by atoms with Gasteiger partial charge in [0, 0.05) is 23.8 Å². The molecule has 0 unspecified atom stereocenters. The second-order valence-corrected chi connectivity index (χ2v) is 6.22. The van der Waals surface area contributed by atoms with Crippen molar-refractivity contribution in [2.45, 2.75) is 12.6 Å². The lowest BCUT2D eigenvalue weighted by atomic mass is 10.3. The Kier molecular flexibility index (Phi) is 7.26. The fourth-order valence-corrected chi connectivity index (χ4v) is 2.19. The molecule has 1 amide bonds. The number of amides is 1. The van der Waals surface area contributed by atoms with E-state index in [0.717, 1.165) is 16.7 Å². The van der Waals surface area contributed by atoms with Gasteiger partial charge < -0.3 is 15.4 Å². The summed E-state index contributed by atoms with van der Waals surface area (Å²) in [6.45, 7) is 0.790. The normalized spacial score (nSPS) is 11.1. The molecule has 0 radical (unpaired) electrons. The molecular formula is C17H17BrF3N3O2. The maximum Gasteiger partial charge on any atom is 0.417 e. The number of rotatable bonds is 8. The highest BCUT2D eigenvalue weighted by molar-refractivity contribution is 9.10. The van der Waals surface area contributed by atoms with Crippen molar-refractivity contribution in [1.82, 2.24) is 10.3 Å². The summed E-state index contributed by atoms with van der Waals surface area (Å²) in [5.74, 6) is 0.696. The summed E-state index contributed by atoms with van der Waals surface area (Å²) in [4.78, 5) is 15.4. The number of anilines is 1. The van der Waals surface area contributed by atoms with Crippen molar-refractivity contribution < 1.29 is 22.7 Å². The molecule has 2 N–H and O–H groups in total. The zero-order chi connectivity index (χ0) is 19.0. The second-order valence-electron chi connectivity index (χ2n) is 5.30. The Bertz CT molecular complexity index is 707. The summed E-state index contributed by atoms with van der Waals surface area (Å²) < 4.78 is 43.5. The maximum absolute atomic E-state index is 12.4. The molecule has 0 saturated carbocycles. The van der Waals surface area contributed by atoms with Crippen molar-refractivity contribution in [3.63, 3.8) is 0 Å². The van der Waals surface area contributed by atoms with Gasteiger partial charge in [0.2, 0.25) is 0 Å². The average molecular weight is 432 g/mol. The Hall–Kier alpha value is -2.29. The van der Waals surface area contributed by atoms with Crippen molar-refractivity contribution in [1.29, 1.82) is 0 Å². The summed E-state index contributed by atoms with van der Waals surface area (Å²) in [5.41, 5.74) is -0.791. The molecule has 1 heterocycles. The molecule has 1 aromatic heterocycles. The molecule has 26 heavy (non-hydrogen) atoms. The van der Waals surface area contributed by atoms with Gasteiger partial charge in [-0.05, 0) is 42.8 Å². The van der Waals surface area contributed by atoms with Gasteiger partial charge in [0.05, 0.1) is 5.56 Å². The number of hydrogen-bond acceptors (Lipinski definition) is 4. The van der Waals surface area contributed by atoms with Crippen molar-refractivity contribution in [3.8, 4) is 5.75 Å². The summed E-state index contributed by atoms with van der Waals surface area (Å²) in [6.07, 6.45) is -3.02. The van der Waals surface area contributed by atoms with Crippen LogP contribution in [0.4, 0.5) is 19.0 Å². The maximum atomic E-state index is 12.4. The zero-order valence-corrected chi connectivity index (χ0v) is 15.2. The molecule has 140 valence electrons. The molecule has 0 aliphatic heterocycles. The van der Waals surface area contributed by atoms with Crippen LogP contribution in [0.15, 0.2) is 47.1 Å². The van der Waals surface area contributed by atoms with Crippen LogP contribution in [0.2, 0.25) is 0 Å². The van der Waals surface area contributed by atoms with Crippen LogP contribution in [0, 0.1) is 0 Å². The third-order valence-corrected chi connectivity index (χ3v) is 3.78. The minimum Gasteiger partial charge on any atom is -0.484 e. The van der Waals surface area contributed by atoms with Crippen LogP contribution in [0.1, 0.15) is 12.0 Å². The predicted octanol–water partition coefficient (Wildman–Crippen LogP) is 3.86. The topological polar surface area (TPSA) is 63.2 Å². The van der Waals surface area contributed by atoms with E-state index in [2.05, 4.69) is 31.5 Å². The van der Waals surface area contributed by atoms with Crippen molar-refractivity contribution in [2.75, 3.05) is 25.0 Å². The third kappa shape index (κ3) is 6.91. The van der Waals surface area contributed by atoms with Crippen molar-refractivity contribution in [2.24, 2.45) is 0 Å². The van der Waals surface area contributed by atoms with E-state index in [1.165, 1.54) is 6.07 Å².